The summed E-state index contributed by atoms with van der Waals surface area (Å²) < 4.78 is 0. The Balaban J connectivity index is 1.85. The molecular weight excluding hydrogens is 375 g/mol. The van der Waals surface area contributed by atoms with Gasteiger partial charge in [0.1, 0.15) is 0 Å². The number of anilines is 1. The lowest BCUT2D eigenvalue weighted by molar-refractivity contribution is 0.301. The number of aliphatic hydroxyl groups is 1. The Kier molecular flexibility index (Phi) is 5.88. The van der Waals surface area contributed by atoms with E-state index in [1.54, 1.807) is 30.5 Å². The Hall–Kier alpha value is -2.41. The van der Waals surface area contributed by atoms with Crippen LogP contribution in [0, 0.1) is 0 Å². The summed E-state index contributed by atoms with van der Waals surface area (Å²) in [5.74, 6) is 0.454. The predicted octanol–water partition coefficient (Wildman–Crippen LogP) is 3.55. The number of phenols is 1. The highest BCUT2D eigenvalue weighted by atomic mass is 35.5. The van der Waals surface area contributed by atoms with Gasteiger partial charge in [-0.3, -0.25) is 4.98 Å². The predicted molar refractivity (Wildman–Crippen MR) is 102 cm³/mol. The molecule has 0 aliphatic carbocycles. The topological polar surface area (TPSA) is 82.4 Å². The van der Waals surface area contributed by atoms with Gasteiger partial charge in [0.25, 0.3) is 0 Å². The molecule has 0 fully saturated rings. The SMILES string of the molecule is OCCN(Cc1ccccn1)c1ccc(-c2cc(Cl)c(O)c(Cl)c2)nn1. The van der Waals surface area contributed by atoms with E-state index < -0.39 is 0 Å². The molecule has 0 aliphatic rings. The van der Waals surface area contributed by atoms with Crippen LogP contribution in [-0.4, -0.2) is 38.5 Å². The molecule has 3 rings (SSSR count). The van der Waals surface area contributed by atoms with Crippen LogP contribution in [-0.2, 0) is 6.54 Å². The number of aromatic hydroxyl groups is 1. The third-order valence-electron chi connectivity index (χ3n) is 3.74. The van der Waals surface area contributed by atoms with Gasteiger partial charge in [0, 0.05) is 18.3 Å². The van der Waals surface area contributed by atoms with E-state index in [1.807, 2.05) is 23.1 Å². The highest BCUT2D eigenvalue weighted by Gasteiger charge is 2.12. The fourth-order valence-corrected chi connectivity index (χ4v) is 2.93. The van der Waals surface area contributed by atoms with Gasteiger partial charge in [-0.05, 0) is 36.4 Å². The molecule has 2 heterocycles. The van der Waals surface area contributed by atoms with Crippen molar-refractivity contribution in [2.24, 2.45) is 0 Å². The molecule has 0 spiro atoms. The minimum Gasteiger partial charge on any atom is -0.505 e. The number of nitrogens with zero attached hydrogens (tertiary/aromatic N) is 4. The van der Waals surface area contributed by atoms with Gasteiger partial charge < -0.3 is 15.1 Å². The molecule has 8 heteroatoms. The van der Waals surface area contributed by atoms with Crippen LogP contribution in [0.15, 0.2) is 48.7 Å². The number of hydrogen-bond donors (Lipinski definition) is 2. The zero-order valence-corrected chi connectivity index (χ0v) is 15.2. The molecule has 2 N–H and O–H groups in total. The smallest absolute Gasteiger partial charge is 0.152 e. The Labute approximate surface area is 160 Å². The van der Waals surface area contributed by atoms with Crippen LogP contribution in [0.5, 0.6) is 5.75 Å². The quantitative estimate of drug-likeness (QED) is 0.669. The number of phenolic OH excluding ortho intramolecular Hbond substituents is 1. The van der Waals surface area contributed by atoms with Gasteiger partial charge in [-0.25, -0.2) is 0 Å². The molecule has 1 aromatic carbocycles. The molecule has 0 atom stereocenters. The number of halogens is 2. The zero-order valence-electron chi connectivity index (χ0n) is 13.7. The van der Waals surface area contributed by atoms with Crippen molar-refractivity contribution in [1.29, 1.82) is 0 Å². The van der Waals surface area contributed by atoms with E-state index in [-0.39, 0.29) is 22.4 Å². The molecule has 0 unspecified atom stereocenters. The Morgan fingerprint density at radius 3 is 2.35 bits per heavy atom. The van der Waals surface area contributed by atoms with Crippen LogP contribution >= 0.6 is 23.2 Å². The third-order valence-corrected chi connectivity index (χ3v) is 4.31. The van der Waals surface area contributed by atoms with Gasteiger partial charge in [-0.2, -0.15) is 0 Å². The van der Waals surface area contributed by atoms with E-state index in [4.69, 9.17) is 23.2 Å². The number of aromatic nitrogens is 3. The van der Waals surface area contributed by atoms with Crippen LogP contribution < -0.4 is 4.90 Å². The summed E-state index contributed by atoms with van der Waals surface area (Å²) in [5, 5.41) is 27.7. The van der Waals surface area contributed by atoms with Crippen LogP contribution in [0.25, 0.3) is 11.3 Å². The molecule has 134 valence electrons. The summed E-state index contributed by atoms with van der Waals surface area (Å²) in [4.78, 5) is 6.18. The van der Waals surface area contributed by atoms with Crippen LogP contribution in [0.2, 0.25) is 10.0 Å². The standard InChI is InChI=1S/C18H16Cl2N4O2/c19-14-9-12(10-15(20)18(14)26)16-4-5-17(23-22-16)24(7-8-25)11-13-3-1-2-6-21-13/h1-6,9-10,25-26H,7-8,11H2. The second-order valence-electron chi connectivity index (χ2n) is 5.53. The van der Waals surface area contributed by atoms with E-state index in [1.165, 1.54) is 0 Å². The van der Waals surface area contributed by atoms with Crippen LogP contribution in [0.4, 0.5) is 5.82 Å². The number of aliphatic hydroxyl groups excluding tert-OH is 1. The first kappa shape index (κ1) is 18.4. The van der Waals surface area contributed by atoms with E-state index in [2.05, 4.69) is 15.2 Å². The van der Waals surface area contributed by atoms with E-state index in [0.29, 0.717) is 30.2 Å². The first-order valence-electron chi connectivity index (χ1n) is 7.86. The summed E-state index contributed by atoms with van der Waals surface area (Å²) in [6.07, 6.45) is 1.72. The number of benzene rings is 1. The van der Waals surface area contributed by atoms with Gasteiger partial charge in [-0.15, -0.1) is 10.2 Å². The molecule has 26 heavy (non-hydrogen) atoms. The van der Waals surface area contributed by atoms with Gasteiger partial charge in [0.05, 0.1) is 34.6 Å². The normalized spacial score (nSPS) is 10.7. The number of hydrogen-bond acceptors (Lipinski definition) is 6. The first-order valence-corrected chi connectivity index (χ1v) is 8.62. The van der Waals surface area contributed by atoms with Crippen molar-refractivity contribution in [2.75, 3.05) is 18.1 Å². The maximum Gasteiger partial charge on any atom is 0.152 e. The van der Waals surface area contributed by atoms with Gasteiger partial charge in [-0.1, -0.05) is 29.3 Å². The molecule has 3 aromatic rings. The highest BCUT2D eigenvalue weighted by Crippen LogP contribution is 2.35. The molecular formula is C18H16Cl2N4O2. The summed E-state index contributed by atoms with van der Waals surface area (Å²) in [6.45, 7) is 0.896. The second kappa shape index (κ2) is 8.31. The summed E-state index contributed by atoms with van der Waals surface area (Å²) in [6, 6.07) is 12.4. The minimum absolute atomic E-state index is 0.0144. The van der Waals surface area contributed by atoms with Gasteiger partial charge in [0.2, 0.25) is 0 Å². The zero-order chi connectivity index (χ0) is 18.5. The molecule has 6 nitrogen and oxygen atoms in total. The third kappa shape index (κ3) is 4.22. The Morgan fingerprint density at radius 2 is 1.77 bits per heavy atom. The molecule has 0 aliphatic heterocycles. The van der Waals surface area contributed by atoms with Crippen molar-refractivity contribution in [3.05, 3.63) is 64.4 Å². The van der Waals surface area contributed by atoms with Crippen molar-refractivity contribution in [3.63, 3.8) is 0 Å². The number of pyridine rings is 1. The molecule has 2 aromatic heterocycles. The van der Waals surface area contributed by atoms with Crippen molar-refractivity contribution in [3.8, 4) is 17.0 Å². The Bertz CT molecular complexity index is 853. The van der Waals surface area contributed by atoms with Crippen molar-refractivity contribution >= 4 is 29.0 Å². The van der Waals surface area contributed by atoms with Crippen LogP contribution in [0.1, 0.15) is 5.69 Å². The summed E-state index contributed by atoms with van der Waals surface area (Å²) in [5.41, 5.74) is 2.08. The van der Waals surface area contributed by atoms with E-state index in [0.717, 1.165) is 5.69 Å². The van der Waals surface area contributed by atoms with E-state index >= 15 is 0 Å². The highest BCUT2D eigenvalue weighted by molar-refractivity contribution is 6.37. The van der Waals surface area contributed by atoms with Gasteiger partial charge >= 0.3 is 0 Å². The molecule has 0 bridgehead atoms. The minimum atomic E-state index is -0.161. The van der Waals surface area contributed by atoms with Crippen molar-refractivity contribution < 1.29 is 10.2 Å². The number of rotatable bonds is 6. The fourth-order valence-electron chi connectivity index (χ4n) is 2.44. The first-order chi connectivity index (χ1) is 12.6. The monoisotopic (exact) mass is 390 g/mol. The average Bonchev–Trinajstić information content (AvgIpc) is 2.66. The Morgan fingerprint density at radius 1 is 1.00 bits per heavy atom. The fraction of sp³-hybridized carbons (Fsp3) is 0.167. The maximum atomic E-state index is 9.66. The van der Waals surface area contributed by atoms with E-state index in [9.17, 15) is 10.2 Å². The molecule has 0 saturated carbocycles. The lowest BCUT2D eigenvalue weighted by atomic mass is 10.1. The molecule has 0 amide bonds. The summed E-state index contributed by atoms with van der Waals surface area (Å²) >= 11 is 11.9. The van der Waals surface area contributed by atoms with Crippen molar-refractivity contribution in [2.45, 2.75) is 6.54 Å². The second-order valence-corrected chi connectivity index (χ2v) is 6.35. The maximum absolute atomic E-state index is 9.66. The van der Waals surface area contributed by atoms with Crippen LogP contribution in [0.3, 0.4) is 0 Å². The average molecular weight is 391 g/mol. The summed E-state index contributed by atoms with van der Waals surface area (Å²) in [7, 11) is 0. The molecule has 0 radical (unpaired) electrons. The largest absolute Gasteiger partial charge is 0.505 e. The lowest BCUT2D eigenvalue weighted by Gasteiger charge is -2.22. The molecule has 0 saturated heterocycles. The van der Waals surface area contributed by atoms with Crippen molar-refractivity contribution in [1.82, 2.24) is 15.2 Å². The lowest BCUT2D eigenvalue weighted by Crippen LogP contribution is -2.27. The van der Waals surface area contributed by atoms with Gasteiger partial charge in [0.15, 0.2) is 11.6 Å².